The smallest absolute Gasteiger partial charge is 0.323 e. The summed E-state index contributed by atoms with van der Waals surface area (Å²) in [7, 11) is 0. The maximum Gasteiger partial charge on any atom is 0.325 e. The molecule has 8 heteroatoms. The molecule has 1 saturated heterocycles. The number of carbonyl (C=O) groups excluding carboxylic acids is 3. The highest BCUT2D eigenvalue weighted by Gasteiger charge is 2.56. The maximum absolute atomic E-state index is 13.4. The second kappa shape index (κ2) is 8.04. The number of urea groups is 1. The molecular formula is C23H32N4O3S. The van der Waals surface area contributed by atoms with Crippen LogP contribution in [0.3, 0.4) is 0 Å². The van der Waals surface area contributed by atoms with Crippen LogP contribution < -0.4 is 10.2 Å². The first-order valence-corrected chi connectivity index (χ1v) is 12.0. The summed E-state index contributed by atoms with van der Waals surface area (Å²) in [6.07, 6.45) is 8.05. The van der Waals surface area contributed by atoms with Gasteiger partial charge in [-0.05, 0) is 56.3 Å². The van der Waals surface area contributed by atoms with Crippen LogP contribution in [0.1, 0.15) is 63.4 Å². The Labute approximate surface area is 187 Å². The molecule has 2 atom stereocenters. The fraction of sp³-hybridized carbons (Fsp3) is 0.652. The lowest BCUT2D eigenvalue weighted by Crippen LogP contribution is -2.54. The molecule has 2 aliphatic carbocycles. The van der Waals surface area contributed by atoms with Crippen molar-refractivity contribution in [1.29, 1.82) is 0 Å². The van der Waals surface area contributed by atoms with E-state index in [1.165, 1.54) is 16.2 Å². The number of nitrogens with zero attached hydrogens (tertiary/aromatic N) is 3. The number of hydrogen-bond donors (Lipinski definition) is 1. The van der Waals surface area contributed by atoms with E-state index in [1.807, 2.05) is 0 Å². The van der Waals surface area contributed by atoms with E-state index in [-0.39, 0.29) is 23.8 Å². The van der Waals surface area contributed by atoms with Gasteiger partial charge in [0.15, 0.2) is 5.13 Å². The predicted molar refractivity (Wildman–Crippen MR) is 121 cm³/mol. The topological polar surface area (TPSA) is 82.6 Å². The van der Waals surface area contributed by atoms with E-state index in [9.17, 15) is 14.4 Å². The molecule has 1 aromatic heterocycles. The van der Waals surface area contributed by atoms with Crippen molar-refractivity contribution in [2.45, 2.75) is 71.3 Å². The molecule has 0 radical (unpaired) electrons. The average Bonchev–Trinajstić information content (AvgIpc) is 3.19. The third-order valence-electron chi connectivity index (χ3n) is 6.60. The van der Waals surface area contributed by atoms with Crippen LogP contribution in [-0.2, 0) is 22.4 Å². The first kappa shape index (κ1) is 22.0. The molecule has 2 fully saturated rings. The Morgan fingerprint density at radius 1 is 1.32 bits per heavy atom. The van der Waals surface area contributed by atoms with Gasteiger partial charge in [-0.2, -0.15) is 0 Å². The van der Waals surface area contributed by atoms with Crippen molar-refractivity contribution in [2.75, 3.05) is 18.0 Å². The van der Waals surface area contributed by atoms with Crippen LogP contribution in [0.4, 0.5) is 9.93 Å². The minimum absolute atomic E-state index is 0.0462. The van der Waals surface area contributed by atoms with Crippen molar-refractivity contribution in [3.05, 3.63) is 23.2 Å². The number of nitrogens with one attached hydrogen (secondary N) is 1. The van der Waals surface area contributed by atoms with Crippen LogP contribution in [0.15, 0.2) is 12.7 Å². The zero-order valence-electron chi connectivity index (χ0n) is 18.7. The Kier molecular flexibility index (Phi) is 5.70. The fourth-order valence-electron chi connectivity index (χ4n) is 5.74. The van der Waals surface area contributed by atoms with Crippen LogP contribution in [0.2, 0.25) is 0 Å². The monoisotopic (exact) mass is 444 g/mol. The van der Waals surface area contributed by atoms with Crippen molar-refractivity contribution in [2.24, 2.45) is 11.3 Å². The largest absolute Gasteiger partial charge is 0.325 e. The summed E-state index contributed by atoms with van der Waals surface area (Å²) in [4.78, 5) is 47.9. The van der Waals surface area contributed by atoms with Crippen LogP contribution in [0.25, 0.3) is 0 Å². The molecule has 4 rings (SSSR count). The SMILES string of the molecule is C=CCN(C(=O)CN1C(=O)N[C@@]2(C[C@H](C)CC(C)(C)C2)C1=O)c1nc2c(s1)CCCC2. The Morgan fingerprint density at radius 2 is 2.06 bits per heavy atom. The molecule has 168 valence electrons. The molecule has 4 amide bonds. The van der Waals surface area contributed by atoms with Crippen molar-refractivity contribution in [3.8, 4) is 0 Å². The fourth-order valence-corrected chi connectivity index (χ4v) is 6.91. The van der Waals surface area contributed by atoms with E-state index in [0.29, 0.717) is 30.4 Å². The summed E-state index contributed by atoms with van der Waals surface area (Å²) in [5.41, 5.74) is 0.123. The van der Waals surface area contributed by atoms with E-state index < -0.39 is 11.6 Å². The van der Waals surface area contributed by atoms with Gasteiger partial charge < -0.3 is 5.32 Å². The number of imide groups is 1. The van der Waals surface area contributed by atoms with E-state index in [0.717, 1.165) is 42.7 Å². The highest BCUT2D eigenvalue weighted by atomic mass is 32.1. The van der Waals surface area contributed by atoms with E-state index in [1.54, 1.807) is 11.0 Å². The second-order valence-electron chi connectivity index (χ2n) is 10.1. The summed E-state index contributed by atoms with van der Waals surface area (Å²) < 4.78 is 0. The molecule has 7 nitrogen and oxygen atoms in total. The molecule has 31 heavy (non-hydrogen) atoms. The van der Waals surface area contributed by atoms with Crippen LogP contribution in [0.5, 0.6) is 0 Å². The molecule has 0 bridgehead atoms. The van der Waals surface area contributed by atoms with Crippen molar-refractivity contribution >= 4 is 34.3 Å². The van der Waals surface area contributed by atoms with Gasteiger partial charge in [-0.15, -0.1) is 17.9 Å². The Morgan fingerprint density at radius 3 is 2.74 bits per heavy atom. The van der Waals surface area contributed by atoms with Gasteiger partial charge in [0.05, 0.1) is 5.69 Å². The molecule has 3 aliphatic rings. The lowest BCUT2D eigenvalue weighted by atomic mass is 9.64. The van der Waals surface area contributed by atoms with Gasteiger partial charge in [0, 0.05) is 11.4 Å². The number of hydrogen-bond acceptors (Lipinski definition) is 5. The molecule has 1 N–H and O–H groups in total. The van der Waals surface area contributed by atoms with Crippen molar-refractivity contribution in [3.63, 3.8) is 0 Å². The Balaban J connectivity index is 1.54. The van der Waals surface area contributed by atoms with E-state index in [4.69, 9.17) is 0 Å². The van der Waals surface area contributed by atoms with Crippen molar-refractivity contribution < 1.29 is 14.4 Å². The van der Waals surface area contributed by atoms with Gasteiger partial charge in [0.25, 0.3) is 5.91 Å². The Bertz CT molecular complexity index is 900. The van der Waals surface area contributed by atoms with Gasteiger partial charge in [-0.3, -0.25) is 19.4 Å². The number of thiazole rings is 1. The van der Waals surface area contributed by atoms with Crippen LogP contribution in [0, 0.1) is 11.3 Å². The predicted octanol–water partition coefficient (Wildman–Crippen LogP) is 3.68. The second-order valence-corrected chi connectivity index (χ2v) is 11.2. The average molecular weight is 445 g/mol. The highest BCUT2D eigenvalue weighted by Crippen LogP contribution is 2.46. The van der Waals surface area contributed by atoms with Gasteiger partial charge in [-0.25, -0.2) is 9.78 Å². The normalized spacial score (nSPS) is 27.2. The number of amides is 4. The lowest BCUT2D eigenvalue weighted by Gasteiger charge is -2.43. The van der Waals surface area contributed by atoms with E-state index in [2.05, 4.69) is 37.7 Å². The molecule has 2 heterocycles. The first-order chi connectivity index (χ1) is 14.6. The third kappa shape index (κ3) is 4.14. The van der Waals surface area contributed by atoms with Crippen LogP contribution >= 0.6 is 11.3 Å². The molecule has 1 spiro atoms. The number of fused-ring (bicyclic) bond motifs is 1. The van der Waals surface area contributed by atoms with Gasteiger partial charge in [-0.1, -0.05) is 26.8 Å². The summed E-state index contributed by atoms with van der Waals surface area (Å²) in [5.74, 6) is -0.264. The maximum atomic E-state index is 13.4. The summed E-state index contributed by atoms with van der Waals surface area (Å²) in [5, 5.41) is 3.58. The lowest BCUT2D eigenvalue weighted by molar-refractivity contribution is -0.137. The number of aryl methyl sites for hydroxylation is 2. The molecule has 0 aromatic carbocycles. The highest BCUT2D eigenvalue weighted by molar-refractivity contribution is 7.16. The van der Waals surface area contributed by atoms with Crippen molar-refractivity contribution in [1.82, 2.24) is 15.2 Å². The number of carbonyl (C=O) groups is 3. The summed E-state index contributed by atoms with van der Waals surface area (Å²) in [6, 6.07) is -0.472. The summed E-state index contributed by atoms with van der Waals surface area (Å²) in [6.45, 7) is 10.2. The number of aromatic nitrogens is 1. The number of rotatable bonds is 5. The van der Waals surface area contributed by atoms with Gasteiger partial charge >= 0.3 is 6.03 Å². The molecule has 1 aliphatic heterocycles. The zero-order valence-corrected chi connectivity index (χ0v) is 19.5. The van der Waals surface area contributed by atoms with Gasteiger partial charge in [0.1, 0.15) is 12.1 Å². The third-order valence-corrected chi connectivity index (χ3v) is 7.78. The molecule has 1 saturated carbocycles. The molecule has 1 aromatic rings. The minimum Gasteiger partial charge on any atom is -0.323 e. The Hall–Kier alpha value is -2.22. The van der Waals surface area contributed by atoms with Gasteiger partial charge in [0.2, 0.25) is 5.91 Å². The van der Waals surface area contributed by atoms with E-state index >= 15 is 0 Å². The molecular weight excluding hydrogens is 412 g/mol. The zero-order chi connectivity index (χ0) is 22.4. The standard InChI is InChI=1S/C23H32N4O3S/c1-5-10-26(21-24-16-8-6-7-9-17(16)31-21)18(28)13-27-19(29)23(25-20(27)30)12-15(2)11-22(3,4)14-23/h5,15H,1,6-14H2,2-4H3,(H,25,30)/t15-,23-/m1/s1. The molecule has 0 unspecified atom stereocenters. The van der Waals surface area contributed by atoms with Crippen LogP contribution in [-0.4, -0.2) is 46.4 Å². The quantitative estimate of drug-likeness (QED) is 0.555. The minimum atomic E-state index is -0.901. The summed E-state index contributed by atoms with van der Waals surface area (Å²) >= 11 is 1.54. The first-order valence-electron chi connectivity index (χ1n) is 11.2. The number of anilines is 1.